The highest BCUT2D eigenvalue weighted by Crippen LogP contribution is 2.62. The van der Waals surface area contributed by atoms with Crippen molar-refractivity contribution >= 4 is 10.8 Å². The summed E-state index contributed by atoms with van der Waals surface area (Å²) in [6.45, 7) is 0. The lowest BCUT2D eigenvalue weighted by Gasteiger charge is -2.39. The molecule has 3 aromatic rings. The maximum absolute atomic E-state index is 11.0. The number of ether oxygens (including phenoxy) is 1. The van der Waals surface area contributed by atoms with Gasteiger partial charge in [0.15, 0.2) is 0 Å². The number of hydrogen-bond acceptors (Lipinski definition) is 2. The first-order chi connectivity index (χ1) is 13.7. The lowest BCUT2D eigenvalue weighted by molar-refractivity contribution is 0.251. The minimum atomic E-state index is 0.225. The second-order valence-electron chi connectivity index (χ2n) is 9.12. The van der Waals surface area contributed by atoms with Gasteiger partial charge in [0.05, 0.1) is 7.11 Å². The molecule has 0 amide bonds. The maximum Gasteiger partial charge on any atom is 0.123 e. The first kappa shape index (κ1) is 16.5. The summed E-state index contributed by atoms with van der Waals surface area (Å²) in [4.78, 5) is 0. The first-order valence-electron chi connectivity index (χ1n) is 10.6. The zero-order valence-electron chi connectivity index (χ0n) is 16.4. The summed E-state index contributed by atoms with van der Waals surface area (Å²) in [6.07, 6.45) is 7.75. The number of fused-ring (bicyclic) bond motifs is 9. The third-order valence-corrected chi connectivity index (χ3v) is 7.96. The van der Waals surface area contributed by atoms with Crippen LogP contribution in [0.2, 0.25) is 0 Å². The number of hydrogen-bond donors (Lipinski definition) is 1. The van der Waals surface area contributed by atoms with Gasteiger partial charge in [0.25, 0.3) is 0 Å². The Kier molecular flexibility index (Phi) is 3.39. The zero-order valence-corrected chi connectivity index (χ0v) is 16.4. The molecule has 0 aliphatic heterocycles. The van der Waals surface area contributed by atoms with Gasteiger partial charge in [-0.1, -0.05) is 30.7 Å². The van der Waals surface area contributed by atoms with Gasteiger partial charge in [-0.2, -0.15) is 0 Å². The molecule has 2 bridgehead atoms. The highest BCUT2D eigenvalue weighted by Gasteiger charge is 2.53. The van der Waals surface area contributed by atoms with E-state index in [-0.39, 0.29) is 5.41 Å². The molecule has 3 unspecified atom stereocenters. The van der Waals surface area contributed by atoms with E-state index in [1.54, 1.807) is 7.11 Å². The van der Waals surface area contributed by atoms with Gasteiger partial charge in [-0.15, -0.1) is 0 Å². The molecular formula is C26H26O2. The van der Waals surface area contributed by atoms with E-state index in [1.165, 1.54) is 54.4 Å². The number of phenolic OH excluding ortho intramolecular Hbond substituents is 1. The summed E-state index contributed by atoms with van der Waals surface area (Å²) in [6, 6.07) is 17.2. The Morgan fingerprint density at radius 3 is 2.71 bits per heavy atom. The molecule has 0 heterocycles. The van der Waals surface area contributed by atoms with Gasteiger partial charge in [0.1, 0.15) is 11.5 Å². The predicted molar refractivity (Wildman–Crippen MR) is 113 cm³/mol. The minimum Gasteiger partial charge on any atom is -0.507 e. The summed E-state index contributed by atoms with van der Waals surface area (Å²) in [7, 11) is 1.68. The molecule has 1 N–H and O–H groups in total. The SMILES string of the molecule is COc1ccc2c3c(cc(O)c2c1)C1(CCc2ccccc2-3)CC2CCC1C2. The molecule has 2 nitrogen and oxygen atoms in total. The highest BCUT2D eigenvalue weighted by molar-refractivity contribution is 6.03. The Morgan fingerprint density at radius 1 is 1.04 bits per heavy atom. The molecule has 3 aliphatic carbocycles. The molecule has 2 heteroatoms. The molecule has 2 saturated carbocycles. The number of rotatable bonds is 1. The molecule has 28 heavy (non-hydrogen) atoms. The van der Waals surface area contributed by atoms with E-state index in [4.69, 9.17) is 4.74 Å². The van der Waals surface area contributed by atoms with E-state index in [9.17, 15) is 5.11 Å². The van der Waals surface area contributed by atoms with Crippen molar-refractivity contribution < 1.29 is 9.84 Å². The highest BCUT2D eigenvalue weighted by atomic mass is 16.5. The molecule has 0 saturated heterocycles. The van der Waals surface area contributed by atoms with Crippen LogP contribution < -0.4 is 4.74 Å². The van der Waals surface area contributed by atoms with Crippen molar-refractivity contribution in [1.29, 1.82) is 0 Å². The summed E-state index contributed by atoms with van der Waals surface area (Å²) >= 11 is 0. The van der Waals surface area contributed by atoms with Crippen molar-refractivity contribution in [2.24, 2.45) is 11.8 Å². The van der Waals surface area contributed by atoms with Gasteiger partial charge in [-0.25, -0.2) is 0 Å². The van der Waals surface area contributed by atoms with Crippen molar-refractivity contribution in [3.05, 3.63) is 59.7 Å². The van der Waals surface area contributed by atoms with Crippen molar-refractivity contribution in [2.45, 2.75) is 43.9 Å². The molecule has 2 fully saturated rings. The van der Waals surface area contributed by atoms with Crippen LogP contribution in [0.5, 0.6) is 11.5 Å². The largest absolute Gasteiger partial charge is 0.507 e. The second kappa shape index (κ2) is 5.76. The quantitative estimate of drug-likeness (QED) is 0.550. The van der Waals surface area contributed by atoms with Gasteiger partial charge >= 0.3 is 0 Å². The van der Waals surface area contributed by atoms with E-state index >= 15 is 0 Å². The third-order valence-electron chi connectivity index (χ3n) is 7.96. The van der Waals surface area contributed by atoms with Crippen LogP contribution >= 0.6 is 0 Å². The summed E-state index contributed by atoms with van der Waals surface area (Å²) < 4.78 is 5.44. The molecule has 142 valence electrons. The summed E-state index contributed by atoms with van der Waals surface area (Å²) in [5, 5.41) is 13.1. The number of aryl methyl sites for hydroxylation is 1. The van der Waals surface area contributed by atoms with Gasteiger partial charge in [0.2, 0.25) is 0 Å². The fraction of sp³-hybridized carbons (Fsp3) is 0.385. The van der Waals surface area contributed by atoms with Crippen molar-refractivity contribution in [2.75, 3.05) is 7.11 Å². The fourth-order valence-electron chi connectivity index (χ4n) is 6.75. The second-order valence-corrected chi connectivity index (χ2v) is 9.12. The zero-order chi connectivity index (χ0) is 18.9. The van der Waals surface area contributed by atoms with Crippen LogP contribution in [0.25, 0.3) is 21.9 Å². The van der Waals surface area contributed by atoms with Crippen molar-refractivity contribution in [1.82, 2.24) is 0 Å². The Hall–Kier alpha value is -2.48. The van der Waals surface area contributed by atoms with Crippen LogP contribution in [-0.2, 0) is 11.8 Å². The average Bonchev–Trinajstić information content (AvgIpc) is 3.31. The fourth-order valence-corrected chi connectivity index (χ4v) is 6.75. The van der Waals surface area contributed by atoms with Crippen LogP contribution in [0.4, 0.5) is 0 Å². The summed E-state index contributed by atoms with van der Waals surface area (Å²) in [5.41, 5.74) is 5.79. The molecule has 1 spiro atoms. The first-order valence-corrected chi connectivity index (χ1v) is 10.6. The van der Waals surface area contributed by atoms with Crippen molar-refractivity contribution in [3.8, 4) is 22.6 Å². The Balaban J connectivity index is 1.72. The topological polar surface area (TPSA) is 29.5 Å². The van der Waals surface area contributed by atoms with Gasteiger partial charge in [0, 0.05) is 5.39 Å². The normalized spacial score (nSPS) is 27.6. The van der Waals surface area contributed by atoms with E-state index < -0.39 is 0 Å². The smallest absolute Gasteiger partial charge is 0.123 e. The van der Waals surface area contributed by atoms with Gasteiger partial charge < -0.3 is 9.84 Å². The third kappa shape index (κ3) is 2.09. The average molecular weight is 370 g/mol. The molecule has 0 aromatic heterocycles. The van der Waals surface area contributed by atoms with Crippen LogP contribution in [0.1, 0.15) is 43.2 Å². The van der Waals surface area contributed by atoms with Crippen LogP contribution in [-0.4, -0.2) is 12.2 Å². The lowest BCUT2D eigenvalue weighted by atomic mass is 9.65. The van der Waals surface area contributed by atoms with Gasteiger partial charge in [-0.05, 0) is 101 Å². The monoisotopic (exact) mass is 370 g/mol. The van der Waals surface area contributed by atoms with E-state index in [2.05, 4.69) is 36.4 Å². The van der Waals surface area contributed by atoms with Gasteiger partial charge in [-0.3, -0.25) is 0 Å². The maximum atomic E-state index is 11.0. The predicted octanol–water partition coefficient (Wildman–Crippen LogP) is 6.23. The number of aromatic hydroxyl groups is 1. The Bertz CT molecular complexity index is 1100. The van der Waals surface area contributed by atoms with E-state index in [1.807, 2.05) is 12.1 Å². The summed E-state index contributed by atoms with van der Waals surface area (Å²) in [5.74, 6) is 2.82. The molecule has 6 rings (SSSR count). The number of phenols is 1. The van der Waals surface area contributed by atoms with Crippen LogP contribution in [0.3, 0.4) is 0 Å². The van der Waals surface area contributed by atoms with E-state index in [0.29, 0.717) is 5.75 Å². The number of methoxy groups -OCH3 is 1. The molecular weight excluding hydrogens is 344 g/mol. The standard InChI is InChI=1S/C26H26O2/c1-28-19-8-9-21-22(13-19)24(27)14-23-25(21)20-5-3-2-4-17(20)10-11-26(23)15-16-6-7-18(26)12-16/h2-5,8-9,13-14,16,18,27H,6-7,10-12,15H2,1H3. The molecule has 0 radical (unpaired) electrons. The molecule has 3 aliphatic rings. The Labute approximate surface area is 166 Å². The van der Waals surface area contributed by atoms with Crippen LogP contribution in [0, 0.1) is 11.8 Å². The van der Waals surface area contributed by atoms with Crippen LogP contribution in [0.15, 0.2) is 48.5 Å². The minimum absolute atomic E-state index is 0.225. The van der Waals surface area contributed by atoms with Crippen molar-refractivity contribution in [3.63, 3.8) is 0 Å². The molecule has 3 aromatic carbocycles. The number of benzene rings is 3. The van der Waals surface area contributed by atoms with E-state index in [0.717, 1.165) is 34.8 Å². The lowest BCUT2D eigenvalue weighted by Crippen LogP contribution is -2.33. The Morgan fingerprint density at radius 2 is 1.93 bits per heavy atom. The molecule has 3 atom stereocenters.